The van der Waals surface area contributed by atoms with Crippen molar-refractivity contribution in [2.75, 3.05) is 0 Å². The van der Waals surface area contributed by atoms with Crippen LogP contribution in [0.4, 0.5) is 5.69 Å². The Morgan fingerprint density at radius 3 is 2.00 bits per heavy atom. The Morgan fingerprint density at radius 2 is 1.52 bits per heavy atom. The highest BCUT2D eigenvalue weighted by atomic mass is 32.2. The molecule has 0 fully saturated rings. The first-order valence-electron chi connectivity index (χ1n) is 5.18. The molecule has 0 amide bonds. The molecule has 0 aliphatic heterocycles. The van der Waals surface area contributed by atoms with Crippen LogP contribution < -0.4 is 0 Å². The van der Waals surface area contributed by atoms with E-state index in [9.17, 15) is 26.9 Å². The Kier molecular flexibility index (Phi) is 3.45. The number of nitro groups is 1. The zero-order chi connectivity index (χ0) is 16.0. The predicted molar refractivity (Wildman–Crippen MR) is 70.2 cm³/mol. The molecule has 0 heterocycles. The maximum Gasteiger partial charge on any atom is 0.301 e. The summed E-state index contributed by atoms with van der Waals surface area (Å²) in [5.74, 6) is 0. The SMILES string of the molecule is O=[N+]([O-])c1c(S(=O)(=O)O)ccc2ccc(S(=O)(=O)O)cc12. The summed E-state index contributed by atoms with van der Waals surface area (Å²) in [5, 5.41) is 10.9. The van der Waals surface area contributed by atoms with Crippen LogP contribution in [0.1, 0.15) is 0 Å². The summed E-state index contributed by atoms with van der Waals surface area (Å²) in [4.78, 5) is 8.41. The lowest BCUT2D eigenvalue weighted by molar-refractivity contribution is -0.386. The Morgan fingerprint density at radius 1 is 0.952 bits per heavy atom. The van der Waals surface area contributed by atoms with Crippen molar-refractivity contribution in [1.82, 2.24) is 0 Å². The first kappa shape index (κ1) is 15.3. The molecule has 0 saturated heterocycles. The number of benzene rings is 2. The highest BCUT2D eigenvalue weighted by Crippen LogP contribution is 2.33. The molecule has 0 spiro atoms. The third-order valence-electron chi connectivity index (χ3n) is 2.69. The van der Waals surface area contributed by atoms with Gasteiger partial charge in [-0.1, -0.05) is 12.1 Å². The van der Waals surface area contributed by atoms with E-state index in [1.807, 2.05) is 0 Å². The molecule has 2 aromatic carbocycles. The van der Waals surface area contributed by atoms with E-state index in [0.29, 0.717) is 0 Å². The Balaban J connectivity index is 3.01. The van der Waals surface area contributed by atoms with E-state index >= 15 is 0 Å². The van der Waals surface area contributed by atoms with Gasteiger partial charge in [0.25, 0.3) is 15.8 Å². The van der Waals surface area contributed by atoms with Gasteiger partial charge >= 0.3 is 10.1 Å². The van der Waals surface area contributed by atoms with E-state index < -0.39 is 40.6 Å². The highest BCUT2D eigenvalue weighted by Gasteiger charge is 2.27. The lowest BCUT2D eigenvalue weighted by atomic mass is 10.1. The van der Waals surface area contributed by atoms with Crippen molar-refractivity contribution in [2.45, 2.75) is 9.79 Å². The summed E-state index contributed by atoms with van der Waals surface area (Å²) >= 11 is 0. The molecule has 0 aliphatic carbocycles. The van der Waals surface area contributed by atoms with Gasteiger partial charge in [0, 0.05) is 0 Å². The van der Waals surface area contributed by atoms with Gasteiger partial charge in [-0.25, -0.2) is 0 Å². The van der Waals surface area contributed by atoms with Crippen molar-refractivity contribution >= 4 is 36.7 Å². The molecular formula is C10H7NO8S2. The van der Waals surface area contributed by atoms with E-state index in [4.69, 9.17) is 9.11 Å². The number of nitrogens with zero attached hydrogens (tertiary/aromatic N) is 1. The molecule has 0 unspecified atom stereocenters. The number of fused-ring (bicyclic) bond motifs is 1. The molecule has 0 radical (unpaired) electrons. The average molecular weight is 333 g/mol. The molecular weight excluding hydrogens is 326 g/mol. The Bertz CT molecular complexity index is 957. The van der Waals surface area contributed by atoms with Gasteiger partial charge < -0.3 is 0 Å². The minimum atomic E-state index is -4.87. The predicted octanol–water partition coefficient (Wildman–Crippen LogP) is 1.24. The van der Waals surface area contributed by atoms with Crippen LogP contribution in [0.5, 0.6) is 0 Å². The fourth-order valence-electron chi connectivity index (χ4n) is 1.82. The smallest absolute Gasteiger partial charge is 0.282 e. The van der Waals surface area contributed by atoms with Gasteiger partial charge in [-0.15, -0.1) is 0 Å². The third-order valence-corrected chi connectivity index (χ3v) is 4.42. The Hall–Kier alpha value is -2.08. The molecule has 2 aromatic rings. The molecule has 11 heteroatoms. The van der Waals surface area contributed by atoms with Crippen molar-refractivity contribution in [1.29, 1.82) is 0 Å². The molecule has 0 aliphatic rings. The minimum Gasteiger partial charge on any atom is -0.282 e. The van der Waals surface area contributed by atoms with Crippen LogP contribution in [0.2, 0.25) is 0 Å². The van der Waals surface area contributed by atoms with E-state index in [1.54, 1.807) is 0 Å². The van der Waals surface area contributed by atoms with E-state index in [0.717, 1.165) is 18.2 Å². The second-order valence-corrected chi connectivity index (χ2v) is 6.81. The first-order valence-corrected chi connectivity index (χ1v) is 8.06. The second-order valence-electron chi connectivity index (χ2n) is 4.00. The van der Waals surface area contributed by atoms with Crippen molar-refractivity contribution in [3.05, 3.63) is 40.4 Å². The topological polar surface area (TPSA) is 152 Å². The molecule has 0 saturated carbocycles. The lowest BCUT2D eigenvalue weighted by Gasteiger charge is -2.05. The maximum absolute atomic E-state index is 11.2. The van der Waals surface area contributed by atoms with Crippen LogP contribution >= 0.6 is 0 Å². The molecule has 21 heavy (non-hydrogen) atoms. The van der Waals surface area contributed by atoms with Gasteiger partial charge in [0.15, 0.2) is 4.90 Å². The molecule has 0 aromatic heterocycles. The fourth-order valence-corrected chi connectivity index (χ4v) is 3.00. The van der Waals surface area contributed by atoms with Gasteiger partial charge in [-0.3, -0.25) is 19.2 Å². The summed E-state index contributed by atoms with van der Waals surface area (Å²) in [6, 6.07) is 4.94. The molecule has 2 rings (SSSR count). The highest BCUT2D eigenvalue weighted by molar-refractivity contribution is 7.86. The van der Waals surface area contributed by atoms with Crippen LogP contribution in [0.3, 0.4) is 0 Å². The van der Waals surface area contributed by atoms with Crippen LogP contribution in [-0.4, -0.2) is 30.9 Å². The van der Waals surface area contributed by atoms with Gasteiger partial charge in [0.1, 0.15) is 0 Å². The number of nitro benzene ring substituents is 1. The third kappa shape index (κ3) is 2.85. The van der Waals surface area contributed by atoms with Gasteiger partial charge in [-0.05, 0) is 23.6 Å². The van der Waals surface area contributed by atoms with Crippen molar-refractivity contribution in [3.8, 4) is 0 Å². The van der Waals surface area contributed by atoms with Crippen LogP contribution in [0, 0.1) is 10.1 Å². The standard InChI is InChI=1S/C10H7NO8S2/c12-11(13)10-8-5-7(20(14,15)16)3-1-6(8)2-4-9(10)21(17,18)19/h1-5H,(H,14,15,16)(H,17,18,19). The minimum absolute atomic E-state index is 0.168. The monoisotopic (exact) mass is 333 g/mol. The van der Waals surface area contributed by atoms with Gasteiger partial charge in [0.2, 0.25) is 0 Å². The van der Waals surface area contributed by atoms with E-state index in [2.05, 4.69) is 0 Å². The summed E-state index contributed by atoms with van der Waals surface area (Å²) in [6.45, 7) is 0. The Labute approximate surface area is 118 Å². The average Bonchev–Trinajstić information content (AvgIpc) is 2.34. The summed E-state index contributed by atoms with van der Waals surface area (Å²) < 4.78 is 62.4. The normalized spacial score (nSPS) is 12.5. The molecule has 0 bridgehead atoms. The number of rotatable bonds is 3. The fraction of sp³-hybridized carbons (Fsp3) is 0. The number of hydrogen-bond donors (Lipinski definition) is 2. The van der Waals surface area contributed by atoms with Crippen molar-refractivity contribution in [3.63, 3.8) is 0 Å². The maximum atomic E-state index is 11.2. The first-order chi connectivity index (χ1) is 9.51. The zero-order valence-electron chi connectivity index (χ0n) is 9.99. The molecule has 0 atom stereocenters. The summed E-state index contributed by atoms with van der Waals surface area (Å²) in [5.41, 5.74) is -0.972. The quantitative estimate of drug-likeness (QED) is 0.483. The van der Waals surface area contributed by atoms with Crippen molar-refractivity contribution in [2.24, 2.45) is 0 Å². The largest absolute Gasteiger partial charge is 0.301 e. The van der Waals surface area contributed by atoms with E-state index in [1.165, 1.54) is 12.1 Å². The second kappa shape index (κ2) is 4.73. The van der Waals surface area contributed by atoms with Gasteiger partial charge in [0.05, 0.1) is 15.2 Å². The molecule has 9 nitrogen and oxygen atoms in total. The number of hydrogen-bond acceptors (Lipinski definition) is 6. The van der Waals surface area contributed by atoms with E-state index in [-0.39, 0.29) is 10.8 Å². The van der Waals surface area contributed by atoms with Crippen molar-refractivity contribution < 1.29 is 30.9 Å². The summed E-state index contributed by atoms with van der Waals surface area (Å²) in [6.07, 6.45) is 0. The zero-order valence-corrected chi connectivity index (χ0v) is 11.6. The summed E-state index contributed by atoms with van der Waals surface area (Å²) in [7, 11) is -9.49. The van der Waals surface area contributed by atoms with Gasteiger partial charge in [-0.2, -0.15) is 16.8 Å². The molecule has 112 valence electrons. The van der Waals surface area contributed by atoms with Crippen LogP contribution in [-0.2, 0) is 20.2 Å². The van der Waals surface area contributed by atoms with Crippen LogP contribution in [0.25, 0.3) is 10.8 Å². The molecule has 2 N–H and O–H groups in total. The van der Waals surface area contributed by atoms with Crippen LogP contribution in [0.15, 0.2) is 40.1 Å². The lowest BCUT2D eigenvalue weighted by Crippen LogP contribution is -2.04.